The van der Waals surface area contributed by atoms with Gasteiger partial charge in [0.15, 0.2) is 28.7 Å². The standard InChI is InChI=1S/C24H36O5Si/c1-9-11-17-13-19(25-3)23(20(14-17)26-4)28-22-16-18(12-10-2)15-21(27-5)24(22)29-30(6,7)8/h13-16H,9-12H2,1-8H3. The molecule has 0 heterocycles. The van der Waals surface area contributed by atoms with Crippen molar-refractivity contribution in [2.24, 2.45) is 0 Å². The molecule has 2 aromatic rings. The van der Waals surface area contributed by atoms with E-state index in [9.17, 15) is 0 Å². The SMILES string of the molecule is CCCc1cc(OC)c(Oc2cc(CCC)cc(OC)c2O[Si](C)(C)C)c(OC)c1. The highest BCUT2D eigenvalue weighted by molar-refractivity contribution is 6.70. The van der Waals surface area contributed by atoms with Crippen LogP contribution in [0.1, 0.15) is 37.8 Å². The second-order valence-corrected chi connectivity index (χ2v) is 12.7. The van der Waals surface area contributed by atoms with E-state index in [0.717, 1.165) is 36.8 Å². The van der Waals surface area contributed by atoms with Crippen LogP contribution in [0.5, 0.6) is 34.5 Å². The van der Waals surface area contributed by atoms with Gasteiger partial charge in [0, 0.05) is 0 Å². The van der Waals surface area contributed by atoms with Gasteiger partial charge in [0.25, 0.3) is 0 Å². The molecule has 0 bridgehead atoms. The lowest BCUT2D eigenvalue weighted by atomic mass is 10.1. The van der Waals surface area contributed by atoms with Crippen LogP contribution in [0.25, 0.3) is 0 Å². The van der Waals surface area contributed by atoms with Crippen molar-refractivity contribution in [1.29, 1.82) is 0 Å². The Labute approximate surface area is 182 Å². The Bertz CT molecular complexity index is 817. The molecule has 0 unspecified atom stereocenters. The monoisotopic (exact) mass is 432 g/mol. The van der Waals surface area contributed by atoms with Crippen molar-refractivity contribution in [1.82, 2.24) is 0 Å². The van der Waals surface area contributed by atoms with Gasteiger partial charge >= 0.3 is 0 Å². The molecule has 0 saturated heterocycles. The third kappa shape index (κ3) is 6.08. The zero-order valence-corrected chi connectivity index (χ0v) is 20.7. The Hall–Kier alpha value is -2.34. The highest BCUT2D eigenvalue weighted by Crippen LogP contribution is 2.47. The van der Waals surface area contributed by atoms with E-state index in [1.54, 1.807) is 21.3 Å². The summed E-state index contributed by atoms with van der Waals surface area (Å²) in [6, 6.07) is 8.08. The number of aryl methyl sites for hydroxylation is 2. The summed E-state index contributed by atoms with van der Waals surface area (Å²) in [4.78, 5) is 0. The Balaban J connectivity index is 2.63. The second kappa shape index (κ2) is 10.6. The predicted octanol–water partition coefficient (Wildman–Crippen LogP) is 6.62. The minimum Gasteiger partial charge on any atom is -0.539 e. The molecule has 0 amide bonds. The third-order valence-electron chi connectivity index (χ3n) is 4.52. The largest absolute Gasteiger partial charge is 0.539 e. The van der Waals surface area contributed by atoms with Crippen molar-refractivity contribution in [3.63, 3.8) is 0 Å². The van der Waals surface area contributed by atoms with Crippen LogP contribution >= 0.6 is 0 Å². The molecule has 0 atom stereocenters. The van der Waals surface area contributed by atoms with Gasteiger partial charge in [0.05, 0.1) is 21.3 Å². The first-order chi connectivity index (χ1) is 14.3. The summed E-state index contributed by atoms with van der Waals surface area (Å²) in [7, 11) is 3.03. The quantitative estimate of drug-likeness (QED) is 0.373. The maximum atomic E-state index is 6.43. The molecular formula is C24H36O5Si. The first kappa shape index (κ1) is 23.9. The summed E-state index contributed by atoms with van der Waals surface area (Å²) in [6.45, 7) is 10.7. The first-order valence-electron chi connectivity index (χ1n) is 10.6. The Morgan fingerprint density at radius 2 is 1.03 bits per heavy atom. The number of hydrogen-bond donors (Lipinski definition) is 0. The normalized spacial score (nSPS) is 11.2. The molecule has 0 fully saturated rings. The maximum absolute atomic E-state index is 6.43. The molecule has 0 aromatic heterocycles. The van der Waals surface area contributed by atoms with E-state index in [0.29, 0.717) is 34.5 Å². The fraction of sp³-hybridized carbons (Fsp3) is 0.500. The fourth-order valence-electron chi connectivity index (χ4n) is 3.28. The van der Waals surface area contributed by atoms with E-state index in [4.69, 9.17) is 23.4 Å². The van der Waals surface area contributed by atoms with E-state index < -0.39 is 8.32 Å². The van der Waals surface area contributed by atoms with Crippen molar-refractivity contribution in [3.8, 4) is 34.5 Å². The summed E-state index contributed by atoms with van der Waals surface area (Å²) < 4.78 is 29.8. The van der Waals surface area contributed by atoms with Crippen molar-refractivity contribution in [2.45, 2.75) is 59.2 Å². The number of methoxy groups -OCH3 is 3. The highest BCUT2D eigenvalue weighted by atomic mass is 28.4. The minimum atomic E-state index is -1.92. The lowest BCUT2D eigenvalue weighted by Crippen LogP contribution is -2.29. The van der Waals surface area contributed by atoms with E-state index in [1.807, 2.05) is 24.3 Å². The molecule has 2 rings (SSSR count). The van der Waals surface area contributed by atoms with Gasteiger partial charge in [0.1, 0.15) is 0 Å². The molecule has 0 saturated carbocycles. The molecule has 0 N–H and O–H groups in total. The van der Waals surface area contributed by atoms with E-state index in [2.05, 4.69) is 33.5 Å². The summed E-state index contributed by atoms with van der Waals surface area (Å²) >= 11 is 0. The maximum Gasteiger partial charge on any atom is 0.242 e. The lowest BCUT2D eigenvalue weighted by Gasteiger charge is -2.25. The Morgan fingerprint density at radius 3 is 1.40 bits per heavy atom. The zero-order chi connectivity index (χ0) is 22.3. The predicted molar refractivity (Wildman–Crippen MR) is 125 cm³/mol. The van der Waals surface area contributed by atoms with Gasteiger partial charge in [-0.25, -0.2) is 0 Å². The molecule has 0 spiro atoms. The average molecular weight is 433 g/mol. The van der Waals surface area contributed by atoms with E-state index in [1.165, 1.54) is 0 Å². The molecule has 0 aliphatic rings. The molecule has 166 valence electrons. The van der Waals surface area contributed by atoms with Crippen molar-refractivity contribution >= 4 is 8.32 Å². The molecular weight excluding hydrogens is 396 g/mol. The summed E-state index contributed by atoms with van der Waals surface area (Å²) in [5.41, 5.74) is 2.28. The van der Waals surface area contributed by atoms with Gasteiger partial charge in [-0.05, 0) is 67.9 Å². The molecule has 5 nitrogen and oxygen atoms in total. The molecule has 0 radical (unpaired) electrons. The van der Waals surface area contributed by atoms with Gasteiger partial charge in [-0.3, -0.25) is 0 Å². The highest BCUT2D eigenvalue weighted by Gasteiger charge is 2.25. The van der Waals surface area contributed by atoms with Crippen molar-refractivity contribution in [2.75, 3.05) is 21.3 Å². The third-order valence-corrected chi connectivity index (χ3v) is 5.33. The van der Waals surface area contributed by atoms with Gasteiger partial charge in [0.2, 0.25) is 14.1 Å². The van der Waals surface area contributed by atoms with Gasteiger partial charge in [-0.15, -0.1) is 0 Å². The number of rotatable bonds is 11. The van der Waals surface area contributed by atoms with Crippen LogP contribution in [0.4, 0.5) is 0 Å². The molecule has 30 heavy (non-hydrogen) atoms. The Morgan fingerprint density at radius 1 is 0.633 bits per heavy atom. The number of hydrogen-bond acceptors (Lipinski definition) is 5. The van der Waals surface area contributed by atoms with E-state index >= 15 is 0 Å². The van der Waals surface area contributed by atoms with Crippen LogP contribution in [0.3, 0.4) is 0 Å². The van der Waals surface area contributed by atoms with Crippen molar-refractivity contribution < 1.29 is 23.4 Å². The molecule has 2 aromatic carbocycles. The fourth-order valence-corrected chi connectivity index (χ4v) is 4.09. The van der Waals surface area contributed by atoms with Crippen LogP contribution in [-0.2, 0) is 12.8 Å². The van der Waals surface area contributed by atoms with Crippen LogP contribution in [0.15, 0.2) is 24.3 Å². The number of ether oxygens (including phenoxy) is 4. The number of benzene rings is 2. The van der Waals surface area contributed by atoms with Gasteiger partial charge in [-0.1, -0.05) is 26.7 Å². The van der Waals surface area contributed by atoms with E-state index in [-0.39, 0.29) is 0 Å². The summed E-state index contributed by atoms with van der Waals surface area (Å²) in [5, 5.41) is 0. The van der Waals surface area contributed by atoms with Crippen LogP contribution in [-0.4, -0.2) is 29.6 Å². The average Bonchev–Trinajstić information content (AvgIpc) is 2.69. The molecule has 0 aliphatic carbocycles. The second-order valence-electron chi connectivity index (χ2n) is 8.27. The van der Waals surface area contributed by atoms with Crippen LogP contribution in [0.2, 0.25) is 19.6 Å². The summed E-state index contributed by atoms with van der Waals surface area (Å²) in [6.07, 6.45) is 3.92. The summed E-state index contributed by atoms with van der Waals surface area (Å²) in [5.74, 6) is 3.72. The zero-order valence-electron chi connectivity index (χ0n) is 19.7. The smallest absolute Gasteiger partial charge is 0.242 e. The van der Waals surface area contributed by atoms with Crippen LogP contribution in [0, 0.1) is 0 Å². The molecule has 6 heteroatoms. The first-order valence-corrected chi connectivity index (χ1v) is 14.0. The van der Waals surface area contributed by atoms with Crippen LogP contribution < -0.4 is 23.4 Å². The van der Waals surface area contributed by atoms with Gasteiger partial charge < -0.3 is 23.4 Å². The van der Waals surface area contributed by atoms with Gasteiger partial charge in [-0.2, -0.15) is 0 Å². The minimum absolute atomic E-state index is 0.538. The Kier molecular flexibility index (Phi) is 8.47. The van der Waals surface area contributed by atoms with Crippen molar-refractivity contribution in [3.05, 3.63) is 35.4 Å². The topological polar surface area (TPSA) is 46.2 Å². The molecule has 0 aliphatic heterocycles. The lowest BCUT2D eigenvalue weighted by molar-refractivity contribution is 0.335.